The van der Waals surface area contributed by atoms with Crippen LogP contribution in [-0.2, 0) is 17.6 Å². The van der Waals surface area contributed by atoms with E-state index in [1.807, 2.05) is 12.3 Å². The smallest absolute Gasteiger partial charge is 0.252 e. The van der Waals surface area contributed by atoms with Crippen molar-refractivity contribution < 1.29 is 9.53 Å². The van der Waals surface area contributed by atoms with Gasteiger partial charge in [-0.05, 0) is 44.1 Å². The number of rotatable bonds is 6. The zero-order valence-electron chi connectivity index (χ0n) is 11.8. The molecule has 3 nitrogen and oxygen atoms in total. The fraction of sp³-hybridized carbons (Fsp3) is 0.667. The molecule has 1 atom stereocenters. The molecule has 0 saturated heterocycles. The van der Waals surface area contributed by atoms with E-state index in [-0.39, 0.29) is 5.91 Å². The first-order chi connectivity index (χ1) is 9.22. The first-order valence-electron chi connectivity index (χ1n) is 7.17. The fourth-order valence-corrected chi connectivity index (χ4v) is 3.73. The molecule has 0 radical (unpaired) electrons. The van der Waals surface area contributed by atoms with Crippen LogP contribution in [0.15, 0.2) is 5.38 Å². The predicted molar refractivity (Wildman–Crippen MR) is 79.0 cm³/mol. The highest BCUT2D eigenvalue weighted by atomic mass is 32.1. The van der Waals surface area contributed by atoms with E-state index in [2.05, 4.69) is 12.2 Å². The average molecular weight is 281 g/mol. The summed E-state index contributed by atoms with van der Waals surface area (Å²) in [6.07, 6.45) is 4.27. The standard InChI is InChI=1S/C15H23NO2S/c1-3-18-8-4-7-16-15(17)13-10-19-14-9-11(2)5-6-12(13)14/h10-11H,3-9H2,1-2H3,(H,16,17). The van der Waals surface area contributed by atoms with Crippen molar-refractivity contribution in [3.63, 3.8) is 0 Å². The second-order valence-corrected chi connectivity index (χ2v) is 6.17. The molecule has 1 aromatic rings. The molecule has 2 rings (SSSR count). The maximum atomic E-state index is 12.1. The first kappa shape index (κ1) is 14.5. The Morgan fingerprint density at radius 3 is 3.21 bits per heavy atom. The van der Waals surface area contributed by atoms with E-state index in [0.29, 0.717) is 6.54 Å². The molecule has 1 amide bonds. The summed E-state index contributed by atoms with van der Waals surface area (Å²) in [5, 5.41) is 5.02. The van der Waals surface area contributed by atoms with Gasteiger partial charge in [-0.3, -0.25) is 4.79 Å². The van der Waals surface area contributed by atoms with Gasteiger partial charge in [0.2, 0.25) is 0 Å². The van der Waals surface area contributed by atoms with Crippen LogP contribution < -0.4 is 5.32 Å². The van der Waals surface area contributed by atoms with E-state index >= 15 is 0 Å². The molecular formula is C15H23NO2S. The number of thiophene rings is 1. The fourth-order valence-electron chi connectivity index (χ4n) is 2.48. The molecule has 0 fully saturated rings. The molecule has 1 aliphatic carbocycles. The Morgan fingerprint density at radius 1 is 1.58 bits per heavy atom. The van der Waals surface area contributed by atoms with Gasteiger partial charge in [-0.15, -0.1) is 11.3 Å². The number of amides is 1. The summed E-state index contributed by atoms with van der Waals surface area (Å²) in [5.41, 5.74) is 2.20. The van der Waals surface area contributed by atoms with Crippen LogP contribution in [0.2, 0.25) is 0 Å². The van der Waals surface area contributed by atoms with Crippen molar-refractivity contribution in [3.05, 3.63) is 21.4 Å². The number of ether oxygens (including phenoxy) is 1. The van der Waals surface area contributed by atoms with Crippen molar-refractivity contribution in [1.82, 2.24) is 5.32 Å². The Kier molecular flexibility index (Phi) is 5.40. The van der Waals surface area contributed by atoms with Crippen LogP contribution >= 0.6 is 11.3 Å². The molecule has 0 aromatic carbocycles. The molecule has 1 N–H and O–H groups in total. The molecule has 1 aliphatic rings. The number of carbonyl (C=O) groups is 1. The van der Waals surface area contributed by atoms with Gasteiger partial charge < -0.3 is 10.1 Å². The van der Waals surface area contributed by atoms with Gasteiger partial charge in [-0.25, -0.2) is 0 Å². The Hall–Kier alpha value is -0.870. The largest absolute Gasteiger partial charge is 0.382 e. The van der Waals surface area contributed by atoms with Crippen molar-refractivity contribution in [2.75, 3.05) is 19.8 Å². The van der Waals surface area contributed by atoms with Gasteiger partial charge in [0.15, 0.2) is 0 Å². The highest BCUT2D eigenvalue weighted by molar-refractivity contribution is 7.10. The molecular weight excluding hydrogens is 258 g/mol. The van der Waals surface area contributed by atoms with Gasteiger partial charge in [-0.2, -0.15) is 0 Å². The summed E-state index contributed by atoms with van der Waals surface area (Å²) in [5.74, 6) is 0.844. The number of carbonyl (C=O) groups excluding carboxylic acids is 1. The van der Waals surface area contributed by atoms with Gasteiger partial charge in [0.25, 0.3) is 5.91 Å². The zero-order chi connectivity index (χ0) is 13.7. The molecule has 106 valence electrons. The second-order valence-electron chi connectivity index (χ2n) is 5.21. The Balaban J connectivity index is 1.86. The van der Waals surface area contributed by atoms with E-state index in [9.17, 15) is 4.79 Å². The van der Waals surface area contributed by atoms with Gasteiger partial charge in [0, 0.05) is 30.0 Å². The lowest BCUT2D eigenvalue weighted by atomic mass is 9.88. The van der Waals surface area contributed by atoms with Gasteiger partial charge >= 0.3 is 0 Å². The highest BCUT2D eigenvalue weighted by Crippen LogP contribution is 2.32. The molecule has 0 spiro atoms. The van der Waals surface area contributed by atoms with E-state index in [0.717, 1.165) is 44.0 Å². The van der Waals surface area contributed by atoms with Crippen LogP contribution in [0.4, 0.5) is 0 Å². The number of nitrogens with one attached hydrogen (secondary N) is 1. The van der Waals surface area contributed by atoms with Crippen molar-refractivity contribution in [2.45, 2.75) is 39.5 Å². The lowest BCUT2D eigenvalue weighted by molar-refractivity contribution is 0.0943. The van der Waals surface area contributed by atoms with Crippen LogP contribution in [0.1, 0.15) is 47.5 Å². The predicted octanol–water partition coefficient (Wildman–Crippen LogP) is 3.03. The zero-order valence-corrected chi connectivity index (χ0v) is 12.6. The van der Waals surface area contributed by atoms with Crippen LogP contribution in [0.5, 0.6) is 0 Å². The van der Waals surface area contributed by atoms with Crippen LogP contribution in [-0.4, -0.2) is 25.7 Å². The number of hydrogen-bond donors (Lipinski definition) is 1. The minimum Gasteiger partial charge on any atom is -0.382 e. The maximum absolute atomic E-state index is 12.1. The Labute approximate surface area is 119 Å². The molecule has 1 unspecified atom stereocenters. The average Bonchev–Trinajstić information content (AvgIpc) is 2.81. The molecule has 1 heterocycles. The molecule has 1 aromatic heterocycles. The van der Waals surface area contributed by atoms with Crippen LogP contribution in [0, 0.1) is 5.92 Å². The maximum Gasteiger partial charge on any atom is 0.252 e. The van der Waals surface area contributed by atoms with Crippen LogP contribution in [0.3, 0.4) is 0 Å². The minimum atomic E-state index is 0.0866. The third-order valence-electron chi connectivity index (χ3n) is 3.60. The summed E-state index contributed by atoms with van der Waals surface area (Å²) in [6.45, 7) is 6.42. The molecule has 0 aliphatic heterocycles. The minimum absolute atomic E-state index is 0.0866. The van der Waals surface area contributed by atoms with Gasteiger partial charge in [0.05, 0.1) is 5.56 Å². The van der Waals surface area contributed by atoms with E-state index in [4.69, 9.17) is 4.74 Å². The number of fused-ring (bicyclic) bond motifs is 1. The molecule has 4 heteroatoms. The third kappa shape index (κ3) is 3.80. The normalized spacial score (nSPS) is 18.1. The monoisotopic (exact) mass is 281 g/mol. The molecule has 19 heavy (non-hydrogen) atoms. The van der Waals surface area contributed by atoms with Crippen molar-refractivity contribution in [1.29, 1.82) is 0 Å². The van der Waals surface area contributed by atoms with Gasteiger partial charge in [-0.1, -0.05) is 6.92 Å². The summed E-state index contributed by atoms with van der Waals surface area (Å²) < 4.78 is 5.26. The first-order valence-corrected chi connectivity index (χ1v) is 8.05. The quantitative estimate of drug-likeness (QED) is 0.814. The SMILES string of the molecule is CCOCCCNC(=O)c1csc2c1CCC(C)C2. The molecule has 0 saturated carbocycles. The summed E-state index contributed by atoms with van der Waals surface area (Å²) in [7, 11) is 0. The topological polar surface area (TPSA) is 38.3 Å². The second kappa shape index (κ2) is 7.06. The van der Waals surface area contributed by atoms with Gasteiger partial charge in [0.1, 0.15) is 0 Å². The highest BCUT2D eigenvalue weighted by Gasteiger charge is 2.22. The van der Waals surface area contributed by atoms with E-state index in [1.165, 1.54) is 16.9 Å². The van der Waals surface area contributed by atoms with E-state index < -0.39 is 0 Å². The summed E-state index contributed by atoms with van der Waals surface area (Å²) in [4.78, 5) is 13.6. The van der Waals surface area contributed by atoms with Crippen molar-refractivity contribution in [2.24, 2.45) is 5.92 Å². The van der Waals surface area contributed by atoms with E-state index in [1.54, 1.807) is 11.3 Å². The van der Waals surface area contributed by atoms with Crippen molar-refractivity contribution in [3.8, 4) is 0 Å². The Bertz CT molecular complexity index is 428. The lowest BCUT2D eigenvalue weighted by Gasteiger charge is -2.18. The third-order valence-corrected chi connectivity index (χ3v) is 4.65. The summed E-state index contributed by atoms with van der Waals surface area (Å²) >= 11 is 1.75. The summed E-state index contributed by atoms with van der Waals surface area (Å²) in [6, 6.07) is 0. The number of hydrogen-bond acceptors (Lipinski definition) is 3. The van der Waals surface area contributed by atoms with Crippen LogP contribution in [0.25, 0.3) is 0 Å². The Morgan fingerprint density at radius 2 is 2.42 bits per heavy atom. The lowest BCUT2D eigenvalue weighted by Crippen LogP contribution is -2.26. The molecule has 0 bridgehead atoms. The van der Waals surface area contributed by atoms with Crippen molar-refractivity contribution >= 4 is 17.2 Å².